The van der Waals surface area contributed by atoms with Crippen LogP contribution in [0.25, 0.3) is 10.7 Å². The van der Waals surface area contributed by atoms with Crippen LogP contribution in [0, 0.1) is 6.92 Å². The summed E-state index contributed by atoms with van der Waals surface area (Å²) in [6.45, 7) is 1.99. The molecule has 0 aliphatic heterocycles. The summed E-state index contributed by atoms with van der Waals surface area (Å²) in [7, 11) is 1.91. The molecule has 3 nitrogen and oxygen atoms in total. The van der Waals surface area contributed by atoms with Crippen molar-refractivity contribution in [3.05, 3.63) is 23.3 Å². The van der Waals surface area contributed by atoms with Gasteiger partial charge in [-0.05, 0) is 13.0 Å². The first kappa shape index (κ1) is 7.49. The number of rotatable bonds is 1. The van der Waals surface area contributed by atoms with Crippen molar-refractivity contribution in [2.75, 3.05) is 0 Å². The van der Waals surface area contributed by atoms with Crippen LogP contribution in [0.1, 0.15) is 5.69 Å². The summed E-state index contributed by atoms with van der Waals surface area (Å²) < 4.78 is 1.78. The summed E-state index contributed by atoms with van der Waals surface area (Å²) in [5, 5.41) is 7.28. The van der Waals surface area contributed by atoms with E-state index in [1.807, 2.05) is 31.6 Å². The second-order valence-electron chi connectivity index (χ2n) is 2.67. The zero-order valence-electron chi connectivity index (χ0n) is 6.98. The van der Waals surface area contributed by atoms with E-state index in [0.717, 1.165) is 16.4 Å². The summed E-state index contributed by atoms with van der Waals surface area (Å²) in [5.41, 5.74) is 2.01. The van der Waals surface area contributed by atoms with Crippen molar-refractivity contribution in [1.29, 1.82) is 0 Å². The van der Waals surface area contributed by atoms with Gasteiger partial charge >= 0.3 is 0 Å². The molecule has 0 spiro atoms. The Hall–Kier alpha value is -1.16. The number of hydrogen-bond donors (Lipinski definition) is 0. The Balaban J connectivity index is 2.43. The molecule has 2 heterocycles. The Morgan fingerprint density at radius 2 is 2.33 bits per heavy atom. The first-order chi connectivity index (χ1) is 5.75. The highest BCUT2D eigenvalue weighted by Crippen LogP contribution is 2.20. The van der Waals surface area contributed by atoms with Crippen molar-refractivity contribution in [3.63, 3.8) is 0 Å². The van der Waals surface area contributed by atoms with Gasteiger partial charge in [0.05, 0.1) is 0 Å². The molecular formula is C8H9N3S. The van der Waals surface area contributed by atoms with Crippen LogP contribution in [0.4, 0.5) is 0 Å². The lowest BCUT2D eigenvalue weighted by molar-refractivity contribution is 0.770. The Morgan fingerprint density at radius 1 is 1.50 bits per heavy atom. The molecular weight excluding hydrogens is 170 g/mol. The third-order valence-corrected chi connectivity index (χ3v) is 2.53. The molecule has 0 aliphatic carbocycles. The Labute approximate surface area is 74.7 Å². The second-order valence-corrected chi connectivity index (χ2v) is 3.53. The summed E-state index contributed by atoms with van der Waals surface area (Å²) in [5.74, 6) is 0. The lowest BCUT2D eigenvalue weighted by Crippen LogP contribution is -1.87. The van der Waals surface area contributed by atoms with E-state index < -0.39 is 0 Å². The molecule has 0 atom stereocenters. The van der Waals surface area contributed by atoms with Crippen molar-refractivity contribution in [2.24, 2.45) is 7.05 Å². The topological polar surface area (TPSA) is 30.7 Å². The van der Waals surface area contributed by atoms with Crippen LogP contribution in [0.5, 0.6) is 0 Å². The van der Waals surface area contributed by atoms with E-state index in [-0.39, 0.29) is 0 Å². The number of aryl methyl sites for hydroxylation is 2. The number of nitrogens with zero attached hydrogens (tertiary/aromatic N) is 3. The van der Waals surface area contributed by atoms with Gasteiger partial charge in [-0.1, -0.05) is 0 Å². The fraction of sp³-hybridized carbons (Fsp3) is 0.250. The van der Waals surface area contributed by atoms with Gasteiger partial charge < -0.3 is 0 Å². The van der Waals surface area contributed by atoms with Gasteiger partial charge in [0.1, 0.15) is 10.7 Å². The van der Waals surface area contributed by atoms with E-state index in [9.17, 15) is 0 Å². The summed E-state index contributed by atoms with van der Waals surface area (Å²) in [4.78, 5) is 4.34. The zero-order valence-corrected chi connectivity index (χ0v) is 7.80. The molecule has 0 fully saturated rings. The van der Waals surface area contributed by atoms with Crippen LogP contribution >= 0.6 is 11.3 Å². The molecule has 2 aromatic heterocycles. The molecule has 62 valence electrons. The van der Waals surface area contributed by atoms with E-state index >= 15 is 0 Å². The standard InChI is InChI=1S/C8H9N3S/c1-6-5-12-8(9-6)7-3-4-11(2)10-7/h3-5H,1-2H3. The van der Waals surface area contributed by atoms with Gasteiger partial charge in [0.2, 0.25) is 0 Å². The first-order valence-corrected chi connectivity index (χ1v) is 4.56. The smallest absolute Gasteiger partial charge is 0.143 e. The molecule has 4 heteroatoms. The normalized spacial score (nSPS) is 10.5. The minimum atomic E-state index is 0.954. The van der Waals surface area contributed by atoms with E-state index in [1.54, 1.807) is 16.0 Å². The summed E-state index contributed by atoms with van der Waals surface area (Å²) in [6, 6.07) is 1.97. The molecule has 0 radical (unpaired) electrons. The van der Waals surface area contributed by atoms with Gasteiger partial charge in [-0.3, -0.25) is 4.68 Å². The predicted molar refractivity (Wildman–Crippen MR) is 49.1 cm³/mol. The van der Waals surface area contributed by atoms with Crippen LogP contribution in [0.3, 0.4) is 0 Å². The molecule has 0 aliphatic rings. The van der Waals surface area contributed by atoms with E-state index in [0.29, 0.717) is 0 Å². The second kappa shape index (κ2) is 2.71. The minimum Gasteiger partial charge on any atom is -0.275 e. The van der Waals surface area contributed by atoms with E-state index in [2.05, 4.69) is 10.1 Å². The van der Waals surface area contributed by atoms with Gasteiger partial charge in [-0.15, -0.1) is 11.3 Å². The van der Waals surface area contributed by atoms with Gasteiger partial charge in [0.25, 0.3) is 0 Å². The maximum absolute atomic E-state index is 4.34. The molecule has 0 bridgehead atoms. The van der Waals surface area contributed by atoms with Crippen molar-refractivity contribution < 1.29 is 0 Å². The van der Waals surface area contributed by atoms with Crippen LogP contribution in [-0.4, -0.2) is 14.8 Å². The zero-order chi connectivity index (χ0) is 8.55. The fourth-order valence-electron chi connectivity index (χ4n) is 1.00. The predicted octanol–water partition coefficient (Wildman–Crippen LogP) is 1.85. The number of thiazole rings is 1. The average molecular weight is 179 g/mol. The van der Waals surface area contributed by atoms with Crippen LogP contribution in [0.15, 0.2) is 17.6 Å². The fourth-order valence-corrected chi connectivity index (χ4v) is 1.76. The maximum atomic E-state index is 4.34. The van der Waals surface area contributed by atoms with Gasteiger partial charge in [-0.2, -0.15) is 5.10 Å². The Kier molecular flexibility index (Phi) is 1.69. The highest BCUT2D eigenvalue weighted by atomic mass is 32.1. The lowest BCUT2D eigenvalue weighted by Gasteiger charge is -1.86. The van der Waals surface area contributed by atoms with Gasteiger partial charge in [-0.25, -0.2) is 4.98 Å². The largest absolute Gasteiger partial charge is 0.275 e. The Bertz CT molecular complexity index is 350. The molecule has 0 N–H and O–H groups in total. The van der Waals surface area contributed by atoms with Crippen molar-refractivity contribution in [3.8, 4) is 10.7 Å². The third-order valence-electron chi connectivity index (χ3n) is 1.55. The number of aromatic nitrogens is 3. The molecule has 0 aromatic carbocycles. The molecule has 2 rings (SSSR count). The molecule has 0 saturated carbocycles. The van der Waals surface area contributed by atoms with Gasteiger partial charge in [0, 0.05) is 24.3 Å². The first-order valence-electron chi connectivity index (χ1n) is 3.68. The SMILES string of the molecule is Cc1csc(-c2ccn(C)n2)n1. The summed E-state index contributed by atoms with van der Waals surface area (Å²) >= 11 is 1.63. The average Bonchev–Trinajstić information content (AvgIpc) is 2.58. The monoisotopic (exact) mass is 179 g/mol. The van der Waals surface area contributed by atoms with E-state index in [1.165, 1.54) is 0 Å². The third kappa shape index (κ3) is 1.25. The molecule has 0 amide bonds. The number of hydrogen-bond acceptors (Lipinski definition) is 3. The molecule has 2 aromatic rings. The highest BCUT2D eigenvalue weighted by Gasteiger charge is 2.03. The lowest BCUT2D eigenvalue weighted by atomic mass is 10.4. The van der Waals surface area contributed by atoms with Crippen LogP contribution < -0.4 is 0 Å². The highest BCUT2D eigenvalue weighted by molar-refractivity contribution is 7.13. The van der Waals surface area contributed by atoms with Crippen molar-refractivity contribution in [1.82, 2.24) is 14.8 Å². The molecule has 0 saturated heterocycles. The Morgan fingerprint density at radius 3 is 2.83 bits per heavy atom. The van der Waals surface area contributed by atoms with Gasteiger partial charge in [0.15, 0.2) is 0 Å². The quantitative estimate of drug-likeness (QED) is 0.669. The molecule has 0 unspecified atom stereocenters. The maximum Gasteiger partial charge on any atom is 0.143 e. The van der Waals surface area contributed by atoms with Crippen molar-refractivity contribution >= 4 is 11.3 Å². The van der Waals surface area contributed by atoms with Crippen LogP contribution in [-0.2, 0) is 7.05 Å². The molecule has 12 heavy (non-hydrogen) atoms. The van der Waals surface area contributed by atoms with E-state index in [4.69, 9.17) is 0 Å². The minimum absolute atomic E-state index is 0.954. The van der Waals surface area contributed by atoms with Crippen molar-refractivity contribution in [2.45, 2.75) is 6.92 Å². The summed E-state index contributed by atoms with van der Waals surface area (Å²) in [6.07, 6.45) is 1.92. The van der Waals surface area contributed by atoms with Crippen LogP contribution in [0.2, 0.25) is 0 Å².